The molecule has 0 aliphatic rings. The van der Waals surface area contributed by atoms with Gasteiger partial charge in [-0.3, -0.25) is 0 Å². The SMILES string of the molecule is CCCOC(=O)c1cc(COC)cc(S(=O)(=O)Cl)c1. The second kappa shape index (κ2) is 6.88. The van der Waals surface area contributed by atoms with Crippen molar-refractivity contribution in [2.24, 2.45) is 0 Å². The lowest BCUT2D eigenvalue weighted by molar-refractivity contribution is 0.0504. The first-order valence-electron chi connectivity index (χ1n) is 5.63. The lowest BCUT2D eigenvalue weighted by Crippen LogP contribution is -2.08. The van der Waals surface area contributed by atoms with Gasteiger partial charge in [-0.25, -0.2) is 13.2 Å². The summed E-state index contributed by atoms with van der Waals surface area (Å²) in [6.45, 7) is 2.31. The highest BCUT2D eigenvalue weighted by atomic mass is 35.7. The largest absolute Gasteiger partial charge is 0.462 e. The topological polar surface area (TPSA) is 69.7 Å². The van der Waals surface area contributed by atoms with Gasteiger partial charge in [-0.2, -0.15) is 0 Å². The van der Waals surface area contributed by atoms with Crippen molar-refractivity contribution in [2.75, 3.05) is 13.7 Å². The first-order valence-corrected chi connectivity index (χ1v) is 7.94. The number of benzene rings is 1. The fraction of sp³-hybridized carbons (Fsp3) is 0.417. The van der Waals surface area contributed by atoms with Crippen LogP contribution in [0.4, 0.5) is 0 Å². The molecule has 0 saturated carbocycles. The van der Waals surface area contributed by atoms with Crippen molar-refractivity contribution in [1.29, 1.82) is 0 Å². The van der Waals surface area contributed by atoms with Crippen molar-refractivity contribution in [3.8, 4) is 0 Å². The first-order chi connectivity index (χ1) is 8.88. The predicted molar refractivity (Wildman–Crippen MR) is 70.8 cm³/mol. The molecule has 0 saturated heterocycles. The molecule has 0 aliphatic carbocycles. The lowest BCUT2D eigenvalue weighted by atomic mass is 10.1. The van der Waals surface area contributed by atoms with Crippen LogP contribution in [0.1, 0.15) is 29.3 Å². The maximum absolute atomic E-state index is 11.7. The summed E-state index contributed by atoms with van der Waals surface area (Å²) in [5.41, 5.74) is 0.676. The van der Waals surface area contributed by atoms with Crippen LogP contribution in [0, 0.1) is 0 Å². The van der Waals surface area contributed by atoms with Crippen LogP contribution in [0.3, 0.4) is 0 Å². The van der Waals surface area contributed by atoms with E-state index in [0.29, 0.717) is 12.0 Å². The zero-order valence-corrected chi connectivity index (χ0v) is 12.3. The van der Waals surface area contributed by atoms with Gasteiger partial charge in [-0.15, -0.1) is 0 Å². The van der Waals surface area contributed by atoms with E-state index in [1.165, 1.54) is 25.3 Å². The van der Waals surface area contributed by atoms with Crippen LogP contribution in [0.15, 0.2) is 23.1 Å². The fourth-order valence-electron chi connectivity index (χ4n) is 1.45. The number of hydrogen-bond acceptors (Lipinski definition) is 5. The van der Waals surface area contributed by atoms with E-state index in [0.717, 1.165) is 0 Å². The molecule has 1 aromatic rings. The number of esters is 1. The van der Waals surface area contributed by atoms with Crippen LogP contribution < -0.4 is 0 Å². The zero-order valence-electron chi connectivity index (χ0n) is 10.7. The Balaban J connectivity index is 3.16. The molecule has 0 unspecified atom stereocenters. The van der Waals surface area contributed by atoms with Crippen molar-refractivity contribution >= 4 is 25.7 Å². The van der Waals surface area contributed by atoms with Gasteiger partial charge < -0.3 is 9.47 Å². The van der Waals surface area contributed by atoms with E-state index in [9.17, 15) is 13.2 Å². The Morgan fingerprint density at radius 3 is 2.53 bits per heavy atom. The quantitative estimate of drug-likeness (QED) is 0.596. The van der Waals surface area contributed by atoms with Gasteiger partial charge in [0.2, 0.25) is 0 Å². The summed E-state index contributed by atoms with van der Waals surface area (Å²) >= 11 is 0. The predicted octanol–water partition coefficient (Wildman–Crippen LogP) is 2.33. The Kier molecular flexibility index (Phi) is 5.78. The minimum atomic E-state index is -3.91. The molecule has 0 aliphatic heterocycles. The number of carbonyl (C=O) groups is 1. The highest BCUT2D eigenvalue weighted by Crippen LogP contribution is 2.20. The molecule has 0 bridgehead atoms. The van der Waals surface area contributed by atoms with Gasteiger partial charge in [0.15, 0.2) is 0 Å². The van der Waals surface area contributed by atoms with Crippen LogP contribution in [0.25, 0.3) is 0 Å². The average Bonchev–Trinajstić information content (AvgIpc) is 2.35. The third kappa shape index (κ3) is 4.81. The molecule has 5 nitrogen and oxygen atoms in total. The van der Waals surface area contributed by atoms with Gasteiger partial charge >= 0.3 is 5.97 Å². The van der Waals surface area contributed by atoms with E-state index in [1.54, 1.807) is 0 Å². The van der Waals surface area contributed by atoms with Gasteiger partial charge in [-0.05, 0) is 30.2 Å². The maximum Gasteiger partial charge on any atom is 0.338 e. The molecule has 0 spiro atoms. The van der Waals surface area contributed by atoms with Crippen LogP contribution >= 0.6 is 10.7 Å². The number of halogens is 1. The number of rotatable bonds is 6. The van der Waals surface area contributed by atoms with E-state index in [4.69, 9.17) is 20.2 Å². The van der Waals surface area contributed by atoms with Crippen LogP contribution in [-0.2, 0) is 25.1 Å². The average molecular weight is 307 g/mol. The Morgan fingerprint density at radius 1 is 1.32 bits per heavy atom. The molecule has 0 amide bonds. The first kappa shape index (κ1) is 15.9. The highest BCUT2D eigenvalue weighted by molar-refractivity contribution is 8.13. The van der Waals surface area contributed by atoms with Crippen LogP contribution in [0.2, 0.25) is 0 Å². The number of ether oxygens (including phenoxy) is 2. The summed E-state index contributed by atoms with van der Waals surface area (Å²) in [5.74, 6) is -0.582. The summed E-state index contributed by atoms with van der Waals surface area (Å²) in [5, 5.41) is 0. The Labute approximate surface area is 116 Å². The number of methoxy groups -OCH3 is 1. The van der Waals surface area contributed by atoms with Gasteiger partial charge in [0, 0.05) is 17.8 Å². The molecule has 0 radical (unpaired) electrons. The molecule has 0 heterocycles. The highest BCUT2D eigenvalue weighted by Gasteiger charge is 2.16. The van der Waals surface area contributed by atoms with Gasteiger partial charge in [-0.1, -0.05) is 6.92 Å². The molecule has 19 heavy (non-hydrogen) atoms. The van der Waals surface area contributed by atoms with E-state index in [-0.39, 0.29) is 23.7 Å². The summed E-state index contributed by atoms with van der Waals surface area (Å²) in [7, 11) is 2.85. The van der Waals surface area contributed by atoms with Crippen LogP contribution in [0.5, 0.6) is 0 Å². The second-order valence-electron chi connectivity index (χ2n) is 3.87. The van der Waals surface area contributed by atoms with E-state index < -0.39 is 15.0 Å². The lowest BCUT2D eigenvalue weighted by Gasteiger charge is -2.07. The zero-order chi connectivity index (χ0) is 14.5. The van der Waals surface area contributed by atoms with Crippen LogP contribution in [-0.4, -0.2) is 28.1 Å². The third-order valence-corrected chi connectivity index (χ3v) is 3.57. The van der Waals surface area contributed by atoms with Crippen molar-refractivity contribution in [2.45, 2.75) is 24.8 Å². The van der Waals surface area contributed by atoms with Crippen molar-refractivity contribution in [3.05, 3.63) is 29.3 Å². The van der Waals surface area contributed by atoms with Gasteiger partial charge in [0.05, 0.1) is 23.7 Å². The molecule has 1 rings (SSSR count). The van der Waals surface area contributed by atoms with E-state index in [2.05, 4.69) is 0 Å². The molecule has 106 valence electrons. The molecule has 7 heteroatoms. The fourth-order valence-corrected chi connectivity index (χ4v) is 2.27. The maximum atomic E-state index is 11.7. The summed E-state index contributed by atoms with van der Waals surface area (Å²) in [6.07, 6.45) is 0.685. The number of hydrogen-bond donors (Lipinski definition) is 0. The molecular weight excluding hydrogens is 292 g/mol. The normalized spacial score (nSPS) is 11.3. The molecule has 0 aromatic heterocycles. The molecule has 0 N–H and O–H groups in total. The minimum Gasteiger partial charge on any atom is -0.462 e. The third-order valence-electron chi connectivity index (χ3n) is 2.23. The Bertz CT molecular complexity index is 553. The standard InChI is InChI=1S/C12H15ClO5S/c1-3-4-18-12(14)10-5-9(8-17-2)6-11(7-10)19(13,15)16/h5-7H,3-4,8H2,1-2H3. The summed E-state index contributed by atoms with van der Waals surface area (Å²) < 4.78 is 32.6. The molecule has 1 aromatic carbocycles. The van der Waals surface area contributed by atoms with E-state index in [1.807, 2.05) is 6.92 Å². The smallest absolute Gasteiger partial charge is 0.338 e. The second-order valence-corrected chi connectivity index (χ2v) is 6.44. The minimum absolute atomic E-state index is 0.141. The Morgan fingerprint density at radius 2 is 2.00 bits per heavy atom. The molecule has 0 fully saturated rings. The summed E-state index contributed by atoms with van der Waals surface area (Å²) in [6, 6.07) is 4.08. The number of carbonyl (C=O) groups excluding carboxylic acids is 1. The molecule has 0 atom stereocenters. The van der Waals surface area contributed by atoms with Crippen molar-refractivity contribution in [3.63, 3.8) is 0 Å². The van der Waals surface area contributed by atoms with Crippen molar-refractivity contribution in [1.82, 2.24) is 0 Å². The van der Waals surface area contributed by atoms with Gasteiger partial charge in [0.1, 0.15) is 0 Å². The Hall–Kier alpha value is -1.11. The van der Waals surface area contributed by atoms with E-state index >= 15 is 0 Å². The monoisotopic (exact) mass is 306 g/mol. The summed E-state index contributed by atoms with van der Waals surface area (Å²) in [4.78, 5) is 11.6. The van der Waals surface area contributed by atoms with Gasteiger partial charge in [0.25, 0.3) is 9.05 Å². The van der Waals surface area contributed by atoms with Crippen molar-refractivity contribution < 1.29 is 22.7 Å². The molecular formula is C12H15ClO5S.